The molecule has 0 unspecified atom stereocenters. The molecule has 1 aromatic rings. The second-order valence-electron chi connectivity index (χ2n) is 4.83. The van der Waals surface area contributed by atoms with Gasteiger partial charge in [0.05, 0.1) is 13.2 Å². The van der Waals surface area contributed by atoms with Crippen LogP contribution >= 0.6 is 15.9 Å². The van der Waals surface area contributed by atoms with Gasteiger partial charge in [0.1, 0.15) is 11.5 Å². The summed E-state index contributed by atoms with van der Waals surface area (Å²) in [6.07, 6.45) is 4.97. The lowest BCUT2D eigenvalue weighted by atomic mass is 10.2. The maximum Gasteiger partial charge on any atom is 0.127 e. The van der Waals surface area contributed by atoms with Gasteiger partial charge in [-0.3, -0.25) is 0 Å². The highest BCUT2D eigenvalue weighted by Gasteiger charge is 2.20. The maximum absolute atomic E-state index is 5.89. The van der Waals surface area contributed by atoms with Gasteiger partial charge < -0.3 is 9.47 Å². The topological polar surface area (TPSA) is 18.5 Å². The molecule has 3 heteroatoms. The Morgan fingerprint density at radius 1 is 1.22 bits per heavy atom. The molecule has 0 N–H and O–H groups in total. The Labute approximate surface area is 118 Å². The van der Waals surface area contributed by atoms with E-state index >= 15 is 0 Å². The molecular formula is C15H21BrO2. The highest BCUT2D eigenvalue weighted by molar-refractivity contribution is 9.08. The fourth-order valence-electron chi connectivity index (χ4n) is 1.83. The van der Waals surface area contributed by atoms with E-state index in [0.717, 1.165) is 42.4 Å². The predicted molar refractivity (Wildman–Crippen MR) is 77.7 cm³/mol. The van der Waals surface area contributed by atoms with Gasteiger partial charge in [-0.2, -0.15) is 0 Å². The van der Waals surface area contributed by atoms with Crippen LogP contribution < -0.4 is 9.47 Å². The zero-order valence-corrected chi connectivity index (χ0v) is 12.5. The Morgan fingerprint density at radius 3 is 2.72 bits per heavy atom. The fraction of sp³-hybridized carbons (Fsp3) is 0.600. The van der Waals surface area contributed by atoms with Gasteiger partial charge in [0, 0.05) is 17.0 Å². The molecule has 0 heterocycles. The largest absolute Gasteiger partial charge is 0.493 e. The summed E-state index contributed by atoms with van der Waals surface area (Å²) < 4.78 is 11.5. The molecule has 0 bridgehead atoms. The predicted octanol–water partition coefficient (Wildman–Crippen LogP) is 4.55. The van der Waals surface area contributed by atoms with E-state index < -0.39 is 0 Å². The summed E-state index contributed by atoms with van der Waals surface area (Å²) in [7, 11) is 0. The second-order valence-corrected chi connectivity index (χ2v) is 5.39. The van der Waals surface area contributed by atoms with Crippen LogP contribution in [0.4, 0.5) is 0 Å². The molecule has 1 saturated carbocycles. The molecule has 0 amide bonds. The fourth-order valence-corrected chi connectivity index (χ4v) is 2.29. The normalized spacial score (nSPS) is 14.6. The number of rotatable bonds is 8. The van der Waals surface area contributed by atoms with Crippen LogP contribution in [0.25, 0.3) is 0 Å². The molecule has 1 aliphatic rings. The number of hydrogen-bond acceptors (Lipinski definition) is 2. The Morgan fingerprint density at radius 2 is 2.06 bits per heavy atom. The zero-order valence-electron chi connectivity index (χ0n) is 11.0. The molecule has 0 aromatic heterocycles. The second kappa shape index (κ2) is 7.03. The van der Waals surface area contributed by atoms with Crippen molar-refractivity contribution in [1.82, 2.24) is 0 Å². The van der Waals surface area contributed by atoms with Gasteiger partial charge >= 0.3 is 0 Å². The van der Waals surface area contributed by atoms with Crippen molar-refractivity contribution in [3.63, 3.8) is 0 Å². The number of ether oxygens (including phenoxy) is 2. The third-order valence-corrected chi connectivity index (χ3v) is 3.74. The lowest BCUT2D eigenvalue weighted by Gasteiger charge is -2.12. The van der Waals surface area contributed by atoms with E-state index in [2.05, 4.69) is 28.9 Å². The van der Waals surface area contributed by atoms with Crippen molar-refractivity contribution >= 4 is 15.9 Å². The number of alkyl halides is 1. The summed E-state index contributed by atoms with van der Waals surface area (Å²) in [5.41, 5.74) is 1.19. The number of benzene rings is 1. The van der Waals surface area contributed by atoms with Crippen molar-refractivity contribution in [3.05, 3.63) is 23.8 Å². The Hall–Kier alpha value is -0.700. The summed E-state index contributed by atoms with van der Waals surface area (Å²) in [5, 5.41) is 0.819. The molecule has 1 fully saturated rings. The van der Waals surface area contributed by atoms with Crippen LogP contribution in [0.5, 0.6) is 11.5 Å². The Balaban J connectivity index is 1.93. The molecule has 0 radical (unpaired) electrons. The molecule has 0 atom stereocenters. The molecule has 0 spiro atoms. The van der Waals surface area contributed by atoms with Crippen LogP contribution in [-0.2, 0) is 5.33 Å². The molecule has 1 aromatic carbocycles. The van der Waals surface area contributed by atoms with Gasteiger partial charge in [-0.05, 0) is 24.8 Å². The van der Waals surface area contributed by atoms with Crippen molar-refractivity contribution in [1.29, 1.82) is 0 Å². The van der Waals surface area contributed by atoms with E-state index in [0.29, 0.717) is 0 Å². The lowest BCUT2D eigenvalue weighted by molar-refractivity contribution is 0.291. The van der Waals surface area contributed by atoms with Crippen LogP contribution in [0, 0.1) is 5.92 Å². The maximum atomic E-state index is 5.89. The third kappa shape index (κ3) is 4.20. The highest BCUT2D eigenvalue weighted by Crippen LogP contribution is 2.33. The van der Waals surface area contributed by atoms with Crippen LogP contribution in [0.2, 0.25) is 0 Å². The minimum atomic E-state index is 0.759. The standard InChI is InChI=1S/C15H21BrO2/c1-2-8-17-14-6-5-13(11-16)15(10-14)18-9-7-12-3-4-12/h5-6,10,12H,2-4,7-9,11H2,1H3. The molecule has 100 valence electrons. The Bertz CT molecular complexity index is 375. The quantitative estimate of drug-likeness (QED) is 0.656. The van der Waals surface area contributed by atoms with E-state index in [1.165, 1.54) is 24.8 Å². The molecule has 0 aliphatic heterocycles. The summed E-state index contributed by atoms with van der Waals surface area (Å²) in [6.45, 7) is 3.69. The zero-order chi connectivity index (χ0) is 12.8. The molecule has 0 saturated heterocycles. The van der Waals surface area contributed by atoms with Crippen molar-refractivity contribution in [2.45, 2.75) is 37.9 Å². The summed E-state index contributed by atoms with van der Waals surface area (Å²) >= 11 is 3.50. The summed E-state index contributed by atoms with van der Waals surface area (Å²) in [4.78, 5) is 0. The van der Waals surface area contributed by atoms with Gasteiger partial charge in [0.2, 0.25) is 0 Å². The molecular weight excluding hydrogens is 292 g/mol. The number of halogens is 1. The van der Waals surface area contributed by atoms with Crippen molar-refractivity contribution in [2.24, 2.45) is 5.92 Å². The van der Waals surface area contributed by atoms with Crippen molar-refractivity contribution in [2.75, 3.05) is 13.2 Å². The molecule has 2 nitrogen and oxygen atoms in total. The molecule has 2 rings (SSSR count). The summed E-state index contributed by atoms with van der Waals surface area (Å²) in [6, 6.07) is 6.10. The monoisotopic (exact) mass is 312 g/mol. The van der Waals surface area contributed by atoms with E-state index in [1.54, 1.807) is 0 Å². The van der Waals surface area contributed by atoms with Gasteiger partial charge in [-0.25, -0.2) is 0 Å². The van der Waals surface area contributed by atoms with E-state index in [9.17, 15) is 0 Å². The molecule has 1 aliphatic carbocycles. The van der Waals surface area contributed by atoms with Crippen molar-refractivity contribution in [3.8, 4) is 11.5 Å². The van der Waals surface area contributed by atoms with Gasteiger partial charge in [0.25, 0.3) is 0 Å². The summed E-state index contributed by atoms with van der Waals surface area (Å²) in [5.74, 6) is 2.78. The first-order valence-corrected chi connectivity index (χ1v) is 7.90. The average Bonchev–Trinajstić information content (AvgIpc) is 3.20. The van der Waals surface area contributed by atoms with Crippen LogP contribution in [0.15, 0.2) is 18.2 Å². The van der Waals surface area contributed by atoms with Gasteiger partial charge in [-0.15, -0.1) is 0 Å². The van der Waals surface area contributed by atoms with E-state index in [1.807, 2.05) is 12.1 Å². The molecule has 18 heavy (non-hydrogen) atoms. The van der Waals surface area contributed by atoms with Crippen LogP contribution in [0.1, 0.15) is 38.2 Å². The smallest absolute Gasteiger partial charge is 0.127 e. The average molecular weight is 313 g/mol. The first-order chi connectivity index (χ1) is 8.83. The van der Waals surface area contributed by atoms with Crippen LogP contribution in [-0.4, -0.2) is 13.2 Å². The van der Waals surface area contributed by atoms with Gasteiger partial charge in [-0.1, -0.05) is 41.8 Å². The van der Waals surface area contributed by atoms with Crippen LogP contribution in [0.3, 0.4) is 0 Å². The number of hydrogen-bond donors (Lipinski definition) is 0. The lowest BCUT2D eigenvalue weighted by Crippen LogP contribution is -2.02. The first-order valence-electron chi connectivity index (χ1n) is 6.78. The Kier molecular flexibility index (Phi) is 5.36. The minimum Gasteiger partial charge on any atom is -0.493 e. The SMILES string of the molecule is CCCOc1ccc(CBr)c(OCCC2CC2)c1. The van der Waals surface area contributed by atoms with E-state index in [4.69, 9.17) is 9.47 Å². The van der Waals surface area contributed by atoms with E-state index in [-0.39, 0.29) is 0 Å². The highest BCUT2D eigenvalue weighted by atomic mass is 79.9. The minimum absolute atomic E-state index is 0.759. The first kappa shape index (κ1) is 13.7. The third-order valence-electron chi connectivity index (χ3n) is 3.14. The van der Waals surface area contributed by atoms with Crippen molar-refractivity contribution < 1.29 is 9.47 Å². The van der Waals surface area contributed by atoms with Gasteiger partial charge in [0.15, 0.2) is 0 Å².